The molecule has 0 spiro atoms. The van der Waals surface area contributed by atoms with Crippen molar-refractivity contribution in [3.63, 3.8) is 0 Å². The van der Waals surface area contributed by atoms with Crippen molar-refractivity contribution in [3.05, 3.63) is 47.3 Å². The molecular formula is C17H22N4O3. The molecule has 1 aromatic heterocycles. The Morgan fingerprint density at radius 3 is 2.54 bits per heavy atom. The van der Waals surface area contributed by atoms with Crippen molar-refractivity contribution < 1.29 is 14.1 Å². The Morgan fingerprint density at radius 1 is 1.25 bits per heavy atom. The van der Waals surface area contributed by atoms with Gasteiger partial charge >= 0.3 is 0 Å². The average Bonchev–Trinajstić information content (AvgIpc) is 2.91. The predicted molar refractivity (Wildman–Crippen MR) is 90.2 cm³/mol. The highest BCUT2D eigenvalue weighted by Crippen LogP contribution is 2.09. The van der Waals surface area contributed by atoms with Crippen LogP contribution in [0, 0.1) is 6.92 Å². The predicted octanol–water partition coefficient (Wildman–Crippen LogP) is 1.69. The highest BCUT2D eigenvalue weighted by atomic mass is 16.5. The normalized spacial score (nSPS) is 10.7. The third-order valence-electron chi connectivity index (χ3n) is 3.28. The molecule has 7 nitrogen and oxygen atoms in total. The lowest BCUT2D eigenvalue weighted by atomic mass is 10.2. The second-order valence-corrected chi connectivity index (χ2v) is 5.76. The maximum atomic E-state index is 12.0. The molecule has 24 heavy (non-hydrogen) atoms. The lowest BCUT2D eigenvalue weighted by Gasteiger charge is -2.14. The van der Waals surface area contributed by atoms with E-state index in [1.54, 1.807) is 12.1 Å². The van der Waals surface area contributed by atoms with Crippen LogP contribution >= 0.6 is 0 Å². The van der Waals surface area contributed by atoms with Gasteiger partial charge in [0.25, 0.3) is 0 Å². The first-order chi connectivity index (χ1) is 11.4. The third kappa shape index (κ3) is 5.85. The van der Waals surface area contributed by atoms with Crippen molar-refractivity contribution in [2.24, 2.45) is 0 Å². The van der Waals surface area contributed by atoms with Gasteiger partial charge in [0.05, 0.1) is 18.8 Å². The van der Waals surface area contributed by atoms with E-state index in [1.165, 1.54) is 6.92 Å². The summed E-state index contributed by atoms with van der Waals surface area (Å²) >= 11 is 0. The van der Waals surface area contributed by atoms with Crippen LogP contribution in [0.1, 0.15) is 23.9 Å². The van der Waals surface area contributed by atoms with Gasteiger partial charge in [-0.3, -0.25) is 14.5 Å². The fraction of sp³-hybridized carbons (Fsp3) is 0.353. The topological polar surface area (TPSA) is 87.5 Å². The first-order valence-electron chi connectivity index (χ1n) is 7.66. The molecule has 128 valence electrons. The van der Waals surface area contributed by atoms with Crippen LogP contribution in [-0.2, 0) is 22.7 Å². The van der Waals surface area contributed by atoms with Crippen molar-refractivity contribution in [2.45, 2.75) is 26.9 Å². The molecule has 0 unspecified atom stereocenters. The fourth-order valence-corrected chi connectivity index (χ4v) is 2.22. The van der Waals surface area contributed by atoms with Gasteiger partial charge in [-0.1, -0.05) is 17.3 Å². The van der Waals surface area contributed by atoms with E-state index in [1.807, 2.05) is 37.1 Å². The molecule has 2 rings (SSSR count). The number of carbonyl (C=O) groups is 2. The summed E-state index contributed by atoms with van der Waals surface area (Å²) in [5.41, 5.74) is 2.52. The quantitative estimate of drug-likeness (QED) is 0.807. The van der Waals surface area contributed by atoms with Gasteiger partial charge in [0.2, 0.25) is 11.8 Å². The number of likely N-dealkylation sites (N-methyl/N-ethyl adjacent to an activating group) is 1. The molecule has 0 aliphatic rings. The van der Waals surface area contributed by atoms with Crippen LogP contribution in [0.15, 0.2) is 34.9 Å². The fourth-order valence-electron chi connectivity index (χ4n) is 2.22. The molecule has 2 aromatic rings. The highest BCUT2D eigenvalue weighted by Gasteiger charge is 2.09. The van der Waals surface area contributed by atoms with Crippen molar-refractivity contribution in [1.29, 1.82) is 0 Å². The van der Waals surface area contributed by atoms with Crippen molar-refractivity contribution >= 4 is 17.5 Å². The molecule has 1 aromatic carbocycles. The number of anilines is 1. The Bertz CT molecular complexity index is 694. The summed E-state index contributed by atoms with van der Waals surface area (Å²) in [5.74, 6) is 0.553. The van der Waals surface area contributed by atoms with E-state index < -0.39 is 0 Å². The number of carbonyl (C=O) groups excluding carboxylic acids is 2. The molecule has 0 bridgehead atoms. The second-order valence-electron chi connectivity index (χ2n) is 5.76. The minimum Gasteiger partial charge on any atom is -0.360 e. The van der Waals surface area contributed by atoms with Gasteiger partial charge in [0, 0.05) is 25.2 Å². The number of aryl methyl sites for hydroxylation is 1. The molecule has 0 fully saturated rings. The zero-order chi connectivity index (χ0) is 17.5. The van der Waals surface area contributed by atoms with E-state index >= 15 is 0 Å². The van der Waals surface area contributed by atoms with E-state index in [-0.39, 0.29) is 18.4 Å². The average molecular weight is 330 g/mol. The number of nitrogens with zero attached hydrogens (tertiary/aromatic N) is 2. The molecule has 0 aliphatic carbocycles. The van der Waals surface area contributed by atoms with Crippen molar-refractivity contribution in [2.75, 3.05) is 18.9 Å². The number of hydrogen-bond donors (Lipinski definition) is 2. The number of rotatable bonds is 7. The lowest BCUT2D eigenvalue weighted by molar-refractivity contribution is -0.122. The Labute approximate surface area is 141 Å². The zero-order valence-corrected chi connectivity index (χ0v) is 14.1. The van der Waals surface area contributed by atoms with Crippen LogP contribution < -0.4 is 10.6 Å². The van der Waals surface area contributed by atoms with Gasteiger partial charge in [-0.15, -0.1) is 0 Å². The molecule has 0 radical (unpaired) electrons. The Balaban J connectivity index is 1.75. The molecule has 7 heteroatoms. The summed E-state index contributed by atoms with van der Waals surface area (Å²) in [5, 5.41) is 9.39. The molecule has 2 N–H and O–H groups in total. The zero-order valence-electron chi connectivity index (χ0n) is 14.1. The molecular weight excluding hydrogens is 308 g/mol. The molecule has 1 heterocycles. The van der Waals surface area contributed by atoms with Gasteiger partial charge in [0.15, 0.2) is 5.76 Å². The van der Waals surface area contributed by atoms with Crippen LogP contribution in [0.3, 0.4) is 0 Å². The van der Waals surface area contributed by atoms with Gasteiger partial charge < -0.3 is 15.2 Å². The summed E-state index contributed by atoms with van der Waals surface area (Å²) in [7, 11) is 1.85. The number of hydrogen-bond acceptors (Lipinski definition) is 5. The van der Waals surface area contributed by atoms with Gasteiger partial charge in [-0.2, -0.15) is 0 Å². The summed E-state index contributed by atoms with van der Waals surface area (Å²) in [4.78, 5) is 24.8. The van der Waals surface area contributed by atoms with Crippen LogP contribution in [0.5, 0.6) is 0 Å². The van der Waals surface area contributed by atoms with Crippen LogP contribution in [-0.4, -0.2) is 35.5 Å². The first-order valence-corrected chi connectivity index (χ1v) is 7.66. The lowest BCUT2D eigenvalue weighted by Crippen LogP contribution is -2.34. The van der Waals surface area contributed by atoms with Crippen LogP contribution in [0.2, 0.25) is 0 Å². The first kappa shape index (κ1) is 17.7. The maximum absolute atomic E-state index is 12.0. The molecule has 0 aliphatic heterocycles. The van der Waals surface area contributed by atoms with Crippen LogP contribution in [0.4, 0.5) is 5.69 Å². The van der Waals surface area contributed by atoms with Gasteiger partial charge in [0.1, 0.15) is 0 Å². The Morgan fingerprint density at radius 2 is 1.96 bits per heavy atom. The van der Waals surface area contributed by atoms with E-state index in [4.69, 9.17) is 4.52 Å². The summed E-state index contributed by atoms with van der Waals surface area (Å²) in [6.07, 6.45) is 0. The summed E-state index contributed by atoms with van der Waals surface area (Å²) in [6, 6.07) is 9.20. The minimum atomic E-state index is -0.110. The summed E-state index contributed by atoms with van der Waals surface area (Å²) < 4.78 is 5.13. The van der Waals surface area contributed by atoms with E-state index in [0.717, 1.165) is 22.7 Å². The SMILES string of the molecule is CC(=O)Nc1ccc(CNC(=O)CN(C)Cc2cc(C)no2)cc1. The monoisotopic (exact) mass is 330 g/mol. The Kier molecular flexibility index (Phi) is 6.08. The van der Waals surface area contributed by atoms with Gasteiger partial charge in [-0.25, -0.2) is 0 Å². The smallest absolute Gasteiger partial charge is 0.234 e. The van der Waals surface area contributed by atoms with Crippen LogP contribution in [0.25, 0.3) is 0 Å². The number of nitrogens with one attached hydrogen (secondary N) is 2. The molecule has 2 amide bonds. The molecule has 0 atom stereocenters. The largest absolute Gasteiger partial charge is 0.360 e. The van der Waals surface area contributed by atoms with E-state index in [0.29, 0.717) is 13.1 Å². The van der Waals surface area contributed by atoms with Crippen molar-refractivity contribution in [3.8, 4) is 0 Å². The third-order valence-corrected chi connectivity index (χ3v) is 3.28. The maximum Gasteiger partial charge on any atom is 0.234 e. The van der Waals surface area contributed by atoms with E-state index in [2.05, 4.69) is 15.8 Å². The van der Waals surface area contributed by atoms with Gasteiger partial charge in [-0.05, 0) is 31.7 Å². The minimum absolute atomic E-state index is 0.0697. The van der Waals surface area contributed by atoms with Crippen molar-refractivity contribution in [1.82, 2.24) is 15.4 Å². The number of aromatic nitrogens is 1. The number of benzene rings is 1. The standard InChI is InChI=1S/C17H22N4O3/c1-12-8-16(24-20-12)10-21(3)11-17(23)18-9-14-4-6-15(7-5-14)19-13(2)22/h4-8H,9-11H2,1-3H3,(H,18,23)(H,19,22). The highest BCUT2D eigenvalue weighted by molar-refractivity contribution is 5.88. The summed E-state index contributed by atoms with van der Waals surface area (Å²) in [6.45, 7) is 4.56. The number of amides is 2. The molecule has 0 saturated heterocycles. The molecule has 0 saturated carbocycles. The second kappa shape index (κ2) is 8.26. The van der Waals surface area contributed by atoms with E-state index in [9.17, 15) is 9.59 Å². The Hall–Kier alpha value is -2.67.